The number of benzene rings is 2. The minimum Gasteiger partial charge on any atom is -0.493 e. The first-order valence-electron chi connectivity index (χ1n) is 9.20. The van der Waals surface area contributed by atoms with Gasteiger partial charge >= 0.3 is 6.01 Å². The van der Waals surface area contributed by atoms with Gasteiger partial charge in [0, 0.05) is 5.39 Å². The minimum absolute atomic E-state index is 0.0503. The SMILES string of the molecule is COc1cccc2cc(-c3nnc(NC(=O)CN4C(=O)c5ccccc5C4=O)o3)oc12. The number of ether oxygens (including phenoxy) is 1. The summed E-state index contributed by atoms with van der Waals surface area (Å²) in [5.74, 6) is -0.813. The van der Waals surface area contributed by atoms with Crippen molar-refractivity contribution >= 4 is 34.7 Å². The van der Waals surface area contributed by atoms with Crippen LogP contribution in [0.5, 0.6) is 5.75 Å². The molecule has 0 atom stereocenters. The van der Waals surface area contributed by atoms with Gasteiger partial charge in [-0.1, -0.05) is 29.4 Å². The molecule has 1 aliphatic heterocycles. The van der Waals surface area contributed by atoms with Crippen LogP contribution in [-0.2, 0) is 4.79 Å². The molecule has 154 valence electrons. The Kier molecular flexibility index (Phi) is 4.25. The topological polar surface area (TPSA) is 128 Å². The lowest BCUT2D eigenvalue weighted by Gasteiger charge is -2.12. The molecule has 0 spiro atoms. The Morgan fingerprint density at radius 1 is 1.03 bits per heavy atom. The van der Waals surface area contributed by atoms with Crippen LogP contribution in [0.2, 0.25) is 0 Å². The molecule has 31 heavy (non-hydrogen) atoms. The van der Waals surface area contributed by atoms with Crippen LogP contribution >= 0.6 is 0 Å². The number of amides is 3. The van der Waals surface area contributed by atoms with Crippen LogP contribution in [0.3, 0.4) is 0 Å². The maximum Gasteiger partial charge on any atom is 0.322 e. The summed E-state index contributed by atoms with van der Waals surface area (Å²) in [6.45, 7) is -0.480. The van der Waals surface area contributed by atoms with E-state index in [0.717, 1.165) is 10.3 Å². The van der Waals surface area contributed by atoms with Crippen molar-refractivity contribution in [2.75, 3.05) is 19.0 Å². The number of hydrogen-bond donors (Lipinski definition) is 1. The van der Waals surface area contributed by atoms with Crippen molar-refractivity contribution in [2.24, 2.45) is 0 Å². The van der Waals surface area contributed by atoms with Crippen molar-refractivity contribution < 1.29 is 28.0 Å². The molecule has 2 aromatic carbocycles. The van der Waals surface area contributed by atoms with Gasteiger partial charge in [-0.3, -0.25) is 24.6 Å². The molecule has 10 heteroatoms. The Hall–Kier alpha value is -4.47. The molecule has 1 N–H and O–H groups in total. The van der Waals surface area contributed by atoms with Gasteiger partial charge in [-0.25, -0.2) is 0 Å². The normalized spacial score (nSPS) is 13.0. The Labute approximate surface area is 174 Å². The van der Waals surface area contributed by atoms with Gasteiger partial charge < -0.3 is 13.6 Å². The number of fused-ring (bicyclic) bond motifs is 2. The fourth-order valence-electron chi connectivity index (χ4n) is 3.36. The zero-order valence-corrected chi connectivity index (χ0v) is 16.1. The summed E-state index contributed by atoms with van der Waals surface area (Å²) in [4.78, 5) is 38.0. The van der Waals surface area contributed by atoms with Crippen LogP contribution in [0, 0.1) is 0 Å². The zero-order valence-electron chi connectivity index (χ0n) is 16.1. The second kappa shape index (κ2) is 7.10. The molecular formula is C21H14N4O6. The van der Waals surface area contributed by atoms with E-state index in [1.165, 1.54) is 7.11 Å². The second-order valence-electron chi connectivity index (χ2n) is 6.69. The van der Waals surface area contributed by atoms with E-state index in [0.29, 0.717) is 17.1 Å². The predicted octanol–water partition coefficient (Wildman–Crippen LogP) is 2.73. The highest BCUT2D eigenvalue weighted by molar-refractivity contribution is 6.22. The number of rotatable bonds is 5. The Balaban J connectivity index is 1.31. The summed E-state index contributed by atoms with van der Waals surface area (Å²) in [6.07, 6.45) is 0. The molecule has 0 fully saturated rings. The number of nitrogens with zero attached hydrogens (tertiary/aromatic N) is 3. The summed E-state index contributed by atoms with van der Waals surface area (Å²) in [5.41, 5.74) is 1.05. The standard InChI is InChI=1S/C21H14N4O6/c1-29-14-8-4-5-11-9-15(30-17(11)14)18-23-24-21(31-18)22-16(26)10-25-19(27)12-6-2-3-7-13(12)20(25)28/h2-9H,10H2,1H3,(H,22,24,26). The number of hydrogen-bond acceptors (Lipinski definition) is 8. The number of methoxy groups -OCH3 is 1. The van der Waals surface area contributed by atoms with Crippen molar-refractivity contribution in [1.29, 1.82) is 0 Å². The highest BCUT2D eigenvalue weighted by Crippen LogP contribution is 2.33. The van der Waals surface area contributed by atoms with Crippen molar-refractivity contribution in [2.45, 2.75) is 0 Å². The van der Waals surface area contributed by atoms with Crippen LogP contribution in [-0.4, -0.2) is 46.5 Å². The number of carbonyl (C=O) groups is 3. The predicted molar refractivity (Wildman–Crippen MR) is 106 cm³/mol. The zero-order chi connectivity index (χ0) is 21.5. The van der Waals surface area contributed by atoms with Crippen LogP contribution in [0.1, 0.15) is 20.7 Å². The molecule has 1 aliphatic rings. The van der Waals surface area contributed by atoms with Gasteiger partial charge in [0.1, 0.15) is 6.54 Å². The number of aromatic nitrogens is 2. The fourth-order valence-corrected chi connectivity index (χ4v) is 3.36. The second-order valence-corrected chi connectivity index (χ2v) is 6.69. The van der Waals surface area contributed by atoms with Crippen molar-refractivity contribution in [3.8, 4) is 17.4 Å². The third-order valence-electron chi connectivity index (χ3n) is 4.79. The van der Waals surface area contributed by atoms with Gasteiger partial charge in [-0.2, -0.15) is 0 Å². The third kappa shape index (κ3) is 3.10. The van der Waals surface area contributed by atoms with Gasteiger partial charge in [0.05, 0.1) is 18.2 Å². The Morgan fingerprint density at radius 3 is 2.48 bits per heavy atom. The average Bonchev–Trinajstić information content (AvgIpc) is 3.47. The lowest BCUT2D eigenvalue weighted by molar-refractivity contribution is -0.116. The molecule has 0 radical (unpaired) electrons. The number of furan rings is 1. The van der Waals surface area contributed by atoms with E-state index in [4.69, 9.17) is 13.6 Å². The summed E-state index contributed by atoms with van der Waals surface area (Å²) in [5, 5.41) is 10.8. The number of para-hydroxylation sites is 1. The molecule has 0 saturated heterocycles. The molecule has 0 aliphatic carbocycles. The first-order chi connectivity index (χ1) is 15.0. The molecule has 4 aromatic rings. The fraction of sp³-hybridized carbons (Fsp3) is 0.0952. The number of anilines is 1. The van der Waals surface area contributed by atoms with Crippen LogP contribution < -0.4 is 10.1 Å². The molecule has 0 unspecified atom stereocenters. The van der Waals surface area contributed by atoms with Crippen molar-refractivity contribution in [3.63, 3.8) is 0 Å². The van der Waals surface area contributed by atoms with Crippen molar-refractivity contribution in [3.05, 3.63) is 59.7 Å². The lowest BCUT2D eigenvalue weighted by Crippen LogP contribution is -2.37. The molecule has 10 nitrogen and oxygen atoms in total. The van der Waals surface area contributed by atoms with Gasteiger partial charge in [0.2, 0.25) is 5.91 Å². The van der Waals surface area contributed by atoms with Crippen LogP contribution in [0.4, 0.5) is 6.01 Å². The van der Waals surface area contributed by atoms with Crippen molar-refractivity contribution in [1.82, 2.24) is 15.1 Å². The van der Waals surface area contributed by atoms with Gasteiger partial charge in [0.15, 0.2) is 17.1 Å². The molecule has 0 bridgehead atoms. The van der Waals surface area contributed by atoms with Gasteiger partial charge in [-0.15, -0.1) is 5.10 Å². The van der Waals surface area contributed by atoms with E-state index in [1.54, 1.807) is 36.4 Å². The summed E-state index contributed by atoms with van der Waals surface area (Å²) >= 11 is 0. The first kappa shape index (κ1) is 18.6. The van der Waals surface area contributed by atoms with Crippen LogP contribution in [0.25, 0.3) is 22.6 Å². The maximum atomic E-state index is 12.4. The quantitative estimate of drug-likeness (QED) is 0.490. The van der Waals surface area contributed by atoms with Gasteiger partial charge in [-0.05, 0) is 24.3 Å². The number of imide groups is 1. The van der Waals surface area contributed by atoms with Gasteiger partial charge in [0.25, 0.3) is 17.7 Å². The minimum atomic E-state index is -0.656. The van der Waals surface area contributed by atoms with Crippen LogP contribution in [0.15, 0.2) is 57.4 Å². The van der Waals surface area contributed by atoms with E-state index < -0.39 is 24.3 Å². The molecular weight excluding hydrogens is 404 g/mol. The first-order valence-corrected chi connectivity index (χ1v) is 9.20. The average molecular weight is 418 g/mol. The summed E-state index contributed by atoms with van der Waals surface area (Å²) in [7, 11) is 1.53. The molecule has 2 aromatic heterocycles. The molecule has 5 rings (SSSR count). The van der Waals surface area contributed by atoms with E-state index >= 15 is 0 Å². The largest absolute Gasteiger partial charge is 0.493 e. The highest BCUT2D eigenvalue weighted by Gasteiger charge is 2.36. The Morgan fingerprint density at radius 2 is 1.77 bits per heavy atom. The number of nitrogens with one attached hydrogen (secondary N) is 1. The third-order valence-corrected chi connectivity index (χ3v) is 4.79. The molecule has 0 saturated carbocycles. The highest BCUT2D eigenvalue weighted by atomic mass is 16.5. The number of carbonyl (C=O) groups excluding carboxylic acids is 3. The van der Waals surface area contributed by atoms with E-state index in [1.807, 2.05) is 12.1 Å². The Bertz CT molecular complexity index is 1320. The summed E-state index contributed by atoms with van der Waals surface area (Å²) < 4.78 is 16.4. The lowest BCUT2D eigenvalue weighted by atomic mass is 10.1. The summed E-state index contributed by atoms with van der Waals surface area (Å²) in [6, 6.07) is 13.3. The van der Waals surface area contributed by atoms with E-state index in [-0.39, 0.29) is 23.0 Å². The molecule has 3 heterocycles. The van der Waals surface area contributed by atoms with E-state index in [9.17, 15) is 14.4 Å². The van der Waals surface area contributed by atoms with E-state index in [2.05, 4.69) is 15.5 Å². The molecule has 3 amide bonds. The monoisotopic (exact) mass is 418 g/mol. The maximum absolute atomic E-state index is 12.4. The smallest absolute Gasteiger partial charge is 0.322 e.